The van der Waals surface area contributed by atoms with Crippen LogP contribution in [0.2, 0.25) is 0 Å². The zero-order chi connectivity index (χ0) is 12.7. The summed E-state index contributed by atoms with van der Waals surface area (Å²) in [6, 6.07) is 8.00. The van der Waals surface area contributed by atoms with Crippen LogP contribution in [0.25, 0.3) is 0 Å². The van der Waals surface area contributed by atoms with E-state index < -0.39 is 0 Å². The van der Waals surface area contributed by atoms with E-state index in [1.54, 1.807) is 0 Å². The van der Waals surface area contributed by atoms with Gasteiger partial charge in [0.25, 0.3) is 0 Å². The van der Waals surface area contributed by atoms with Crippen molar-refractivity contribution in [2.24, 2.45) is 5.73 Å². The number of ether oxygens (including phenoxy) is 1. The van der Waals surface area contributed by atoms with Crippen molar-refractivity contribution < 1.29 is 4.74 Å². The standard InChI is InChI=1S/C14H22N2O/c1-4-12(2)11-16(3)13-7-5-6-8-14(13)17-10-9-15/h5-8,11H,4,9-10,15H2,1-3H3/b12-11-. The third-order valence-electron chi connectivity index (χ3n) is 2.59. The fraction of sp³-hybridized carbons (Fsp3) is 0.429. The highest BCUT2D eigenvalue weighted by atomic mass is 16.5. The average molecular weight is 234 g/mol. The van der Waals surface area contributed by atoms with E-state index in [0.717, 1.165) is 17.9 Å². The third kappa shape index (κ3) is 4.11. The molecule has 3 heteroatoms. The summed E-state index contributed by atoms with van der Waals surface area (Å²) in [5.74, 6) is 0.876. The minimum absolute atomic E-state index is 0.530. The second-order valence-electron chi connectivity index (χ2n) is 4.04. The number of hydrogen-bond donors (Lipinski definition) is 1. The molecule has 0 spiro atoms. The quantitative estimate of drug-likeness (QED) is 0.822. The van der Waals surface area contributed by atoms with Gasteiger partial charge in [-0.25, -0.2) is 0 Å². The van der Waals surface area contributed by atoms with Crippen LogP contribution >= 0.6 is 0 Å². The maximum absolute atomic E-state index is 5.63. The SMILES string of the molecule is CC/C(C)=C\N(C)c1ccccc1OCCN. The molecular weight excluding hydrogens is 212 g/mol. The van der Waals surface area contributed by atoms with E-state index in [2.05, 4.69) is 24.9 Å². The number of nitrogens with zero attached hydrogens (tertiary/aromatic N) is 1. The predicted molar refractivity (Wildman–Crippen MR) is 73.4 cm³/mol. The minimum Gasteiger partial charge on any atom is -0.490 e. The molecule has 0 unspecified atom stereocenters. The molecule has 0 fully saturated rings. The van der Waals surface area contributed by atoms with Crippen LogP contribution in [0.4, 0.5) is 5.69 Å². The number of rotatable bonds is 6. The summed E-state index contributed by atoms with van der Waals surface area (Å²) in [5.41, 5.74) is 7.85. The van der Waals surface area contributed by atoms with Crippen molar-refractivity contribution >= 4 is 5.69 Å². The van der Waals surface area contributed by atoms with Crippen LogP contribution in [0.5, 0.6) is 5.75 Å². The second-order valence-corrected chi connectivity index (χ2v) is 4.04. The van der Waals surface area contributed by atoms with E-state index in [4.69, 9.17) is 10.5 Å². The van der Waals surface area contributed by atoms with Crippen LogP contribution in [0.15, 0.2) is 36.0 Å². The summed E-state index contributed by atoms with van der Waals surface area (Å²) in [6.07, 6.45) is 3.18. The highest BCUT2D eigenvalue weighted by molar-refractivity contribution is 5.59. The van der Waals surface area contributed by atoms with Gasteiger partial charge in [-0.05, 0) is 25.5 Å². The molecule has 0 atom stereocenters. The first-order chi connectivity index (χ1) is 8.19. The number of nitrogens with two attached hydrogens (primary N) is 1. The van der Waals surface area contributed by atoms with Gasteiger partial charge in [-0.2, -0.15) is 0 Å². The van der Waals surface area contributed by atoms with Gasteiger partial charge < -0.3 is 15.4 Å². The van der Waals surface area contributed by atoms with E-state index in [0.29, 0.717) is 13.2 Å². The number of allylic oxidation sites excluding steroid dienone is 1. The summed E-state index contributed by atoms with van der Waals surface area (Å²) in [4.78, 5) is 2.09. The molecule has 0 aromatic heterocycles. The highest BCUT2D eigenvalue weighted by Crippen LogP contribution is 2.27. The topological polar surface area (TPSA) is 38.5 Å². The number of benzene rings is 1. The Morgan fingerprint density at radius 2 is 2.12 bits per heavy atom. The van der Waals surface area contributed by atoms with Gasteiger partial charge in [0.15, 0.2) is 0 Å². The van der Waals surface area contributed by atoms with Gasteiger partial charge in [0.1, 0.15) is 12.4 Å². The van der Waals surface area contributed by atoms with Crippen molar-refractivity contribution in [3.05, 3.63) is 36.0 Å². The summed E-state index contributed by atoms with van der Waals surface area (Å²) in [7, 11) is 2.03. The van der Waals surface area contributed by atoms with Crippen LogP contribution in [0, 0.1) is 0 Å². The normalized spacial score (nSPS) is 11.4. The molecule has 0 aliphatic heterocycles. The van der Waals surface area contributed by atoms with Crippen LogP contribution in [0.3, 0.4) is 0 Å². The Hall–Kier alpha value is -1.48. The molecule has 0 aliphatic carbocycles. The highest BCUT2D eigenvalue weighted by Gasteiger charge is 2.05. The van der Waals surface area contributed by atoms with Crippen LogP contribution < -0.4 is 15.4 Å². The molecule has 2 N–H and O–H groups in total. The molecule has 0 saturated heterocycles. The number of hydrogen-bond acceptors (Lipinski definition) is 3. The Bertz CT molecular complexity index is 374. The van der Waals surface area contributed by atoms with E-state index in [-0.39, 0.29) is 0 Å². The van der Waals surface area contributed by atoms with Gasteiger partial charge >= 0.3 is 0 Å². The van der Waals surface area contributed by atoms with Crippen molar-refractivity contribution in [1.82, 2.24) is 0 Å². The Labute approximate surface area is 104 Å². The molecule has 0 heterocycles. The molecule has 1 aromatic rings. The van der Waals surface area contributed by atoms with Gasteiger partial charge in [-0.3, -0.25) is 0 Å². The zero-order valence-corrected chi connectivity index (χ0v) is 10.9. The van der Waals surface area contributed by atoms with Gasteiger partial charge in [-0.1, -0.05) is 24.6 Å². The van der Waals surface area contributed by atoms with E-state index in [1.165, 1.54) is 5.57 Å². The lowest BCUT2D eigenvalue weighted by atomic mass is 10.2. The molecule has 0 aliphatic rings. The number of para-hydroxylation sites is 2. The smallest absolute Gasteiger partial charge is 0.142 e. The lowest BCUT2D eigenvalue weighted by Gasteiger charge is -2.19. The molecular formula is C14H22N2O. The first-order valence-electron chi connectivity index (χ1n) is 6.01. The molecule has 94 valence electrons. The maximum atomic E-state index is 5.63. The van der Waals surface area contributed by atoms with Crippen molar-refractivity contribution in [3.8, 4) is 5.75 Å². The number of anilines is 1. The fourth-order valence-electron chi connectivity index (χ4n) is 1.53. The monoisotopic (exact) mass is 234 g/mol. The minimum atomic E-state index is 0.530. The molecule has 0 bridgehead atoms. The molecule has 0 radical (unpaired) electrons. The van der Waals surface area contributed by atoms with E-state index in [9.17, 15) is 0 Å². The van der Waals surface area contributed by atoms with Crippen LogP contribution in [0.1, 0.15) is 20.3 Å². The summed E-state index contributed by atoms with van der Waals surface area (Å²) in [5, 5.41) is 0. The van der Waals surface area contributed by atoms with Crippen molar-refractivity contribution in [2.45, 2.75) is 20.3 Å². The molecule has 1 rings (SSSR count). The van der Waals surface area contributed by atoms with Crippen LogP contribution in [-0.2, 0) is 0 Å². The van der Waals surface area contributed by atoms with E-state index >= 15 is 0 Å². The Morgan fingerprint density at radius 3 is 2.76 bits per heavy atom. The first kappa shape index (κ1) is 13.6. The summed E-state index contributed by atoms with van der Waals surface area (Å²) < 4.78 is 5.63. The lowest BCUT2D eigenvalue weighted by Crippen LogP contribution is -2.14. The third-order valence-corrected chi connectivity index (χ3v) is 2.59. The van der Waals surface area contributed by atoms with Gasteiger partial charge in [0, 0.05) is 19.8 Å². The van der Waals surface area contributed by atoms with Gasteiger partial charge in [0.2, 0.25) is 0 Å². The van der Waals surface area contributed by atoms with Gasteiger partial charge in [-0.15, -0.1) is 0 Å². The zero-order valence-electron chi connectivity index (χ0n) is 10.9. The Morgan fingerprint density at radius 1 is 1.41 bits per heavy atom. The maximum Gasteiger partial charge on any atom is 0.142 e. The Kier molecular flexibility index (Phi) is 5.57. The first-order valence-corrected chi connectivity index (χ1v) is 6.01. The molecule has 17 heavy (non-hydrogen) atoms. The van der Waals surface area contributed by atoms with Gasteiger partial charge in [0.05, 0.1) is 5.69 Å². The van der Waals surface area contributed by atoms with E-state index in [1.807, 2.05) is 31.3 Å². The van der Waals surface area contributed by atoms with Crippen molar-refractivity contribution in [3.63, 3.8) is 0 Å². The summed E-state index contributed by atoms with van der Waals surface area (Å²) >= 11 is 0. The molecule has 0 amide bonds. The predicted octanol–water partition coefficient (Wildman–Crippen LogP) is 2.77. The average Bonchev–Trinajstić information content (AvgIpc) is 2.36. The Balaban J connectivity index is 2.88. The molecule has 0 saturated carbocycles. The second kappa shape index (κ2) is 6.97. The summed E-state index contributed by atoms with van der Waals surface area (Å²) in [6.45, 7) is 5.35. The van der Waals surface area contributed by atoms with Crippen molar-refractivity contribution in [2.75, 3.05) is 25.1 Å². The fourth-order valence-corrected chi connectivity index (χ4v) is 1.53. The lowest BCUT2D eigenvalue weighted by molar-refractivity contribution is 0.329. The largest absolute Gasteiger partial charge is 0.490 e. The molecule has 1 aromatic carbocycles. The van der Waals surface area contributed by atoms with Crippen molar-refractivity contribution in [1.29, 1.82) is 0 Å². The van der Waals surface area contributed by atoms with Crippen LogP contribution in [-0.4, -0.2) is 20.2 Å². The molecule has 3 nitrogen and oxygen atoms in total.